The lowest BCUT2D eigenvalue weighted by atomic mass is 9.84. The van der Waals surface area contributed by atoms with Crippen LogP contribution in [0.5, 0.6) is 0 Å². The van der Waals surface area contributed by atoms with E-state index >= 15 is 0 Å². The van der Waals surface area contributed by atoms with Gasteiger partial charge in [-0.1, -0.05) is 0 Å². The monoisotopic (exact) mass is 271 g/mol. The third-order valence-corrected chi connectivity index (χ3v) is 3.84. The first-order valence-corrected chi connectivity index (χ1v) is 7.10. The van der Waals surface area contributed by atoms with E-state index in [-0.39, 0.29) is 17.8 Å². The quantitative estimate of drug-likeness (QED) is 0.731. The molecule has 110 valence electrons. The van der Waals surface area contributed by atoms with Gasteiger partial charge in [-0.05, 0) is 46.5 Å². The highest BCUT2D eigenvalue weighted by Gasteiger charge is 2.40. The summed E-state index contributed by atoms with van der Waals surface area (Å²) in [5.41, 5.74) is -0.574. The molecule has 0 aromatic heterocycles. The number of amides is 1. The van der Waals surface area contributed by atoms with E-state index < -0.39 is 5.60 Å². The number of rotatable bonds is 0. The summed E-state index contributed by atoms with van der Waals surface area (Å²) in [6.07, 6.45) is 2.79. The molecule has 0 radical (unpaired) electrons. The summed E-state index contributed by atoms with van der Waals surface area (Å²) in [6, 6.07) is 0. The Morgan fingerprint density at radius 2 is 1.95 bits per heavy atom. The average molecular weight is 271 g/mol. The summed E-state index contributed by atoms with van der Waals surface area (Å²) in [4.78, 5) is 13.7. The van der Waals surface area contributed by atoms with E-state index in [1.165, 1.54) is 0 Å². The third kappa shape index (κ3) is 3.83. The summed E-state index contributed by atoms with van der Waals surface area (Å²) in [5.74, 6) is 0. The third-order valence-electron chi connectivity index (χ3n) is 3.84. The highest BCUT2D eigenvalue weighted by molar-refractivity contribution is 5.68. The molecule has 2 rings (SSSR count). The van der Waals surface area contributed by atoms with Crippen LogP contribution in [0.25, 0.3) is 0 Å². The second-order valence-electron chi connectivity index (χ2n) is 6.65. The minimum Gasteiger partial charge on any atom is -0.444 e. The van der Waals surface area contributed by atoms with E-state index in [1.54, 1.807) is 4.90 Å². The second-order valence-corrected chi connectivity index (χ2v) is 6.65. The minimum absolute atomic E-state index is 0.127. The smallest absolute Gasteiger partial charge is 0.410 e. The molecule has 0 aromatic rings. The molecule has 1 amide bonds. The van der Waals surface area contributed by atoms with Crippen LogP contribution < -0.4 is 0 Å². The van der Waals surface area contributed by atoms with Gasteiger partial charge < -0.3 is 19.5 Å². The van der Waals surface area contributed by atoms with Gasteiger partial charge in [0.05, 0.1) is 18.3 Å². The molecule has 1 spiro atoms. The topological polar surface area (TPSA) is 59.0 Å². The van der Waals surface area contributed by atoms with Crippen LogP contribution in [0.15, 0.2) is 0 Å². The van der Waals surface area contributed by atoms with E-state index in [1.807, 2.05) is 20.8 Å². The lowest BCUT2D eigenvalue weighted by molar-refractivity contribution is -0.145. The minimum atomic E-state index is -0.447. The summed E-state index contributed by atoms with van der Waals surface area (Å²) in [7, 11) is 0. The Kier molecular flexibility index (Phi) is 4.06. The molecule has 1 N–H and O–H groups in total. The highest BCUT2D eigenvalue weighted by Crippen LogP contribution is 2.35. The Balaban J connectivity index is 1.84. The molecule has 0 aromatic carbocycles. The van der Waals surface area contributed by atoms with Gasteiger partial charge in [-0.3, -0.25) is 0 Å². The zero-order valence-corrected chi connectivity index (χ0v) is 12.1. The van der Waals surface area contributed by atoms with Crippen molar-refractivity contribution >= 4 is 6.09 Å². The summed E-state index contributed by atoms with van der Waals surface area (Å²) in [5, 5.41) is 9.48. The van der Waals surface area contributed by atoms with Crippen molar-refractivity contribution in [3.63, 3.8) is 0 Å². The van der Waals surface area contributed by atoms with Crippen LogP contribution in [-0.4, -0.2) is 53.1 Å². The molecule has 1 unspecified atom stereocenters. The zero-order valence-electron chi connectivity index (χ0n) is 12.1. The Bertz CT molecular complexity index is 319. The molecule has 1 atom stereocenters. The molecule has 2 saturated heterocycles. The SMILES string of the molecule is CC(C)(C)OC(=O)N1CCC2(CCC(O)CO2)CC1. The number of piperidine rings is 1. The van der Waals surface area contributed by atoms with Gasteiger partial charge in [-0.15, -0.1) is 0 Å². The van der Waals surface area contributed by atoms with Gasteiger partial charge in [0.25, 0.3) is 0 Å². The first kappa shape index (κ1) is 14.6. The van der Waals surface area contributed by atoms with Gasteiger partial charge in [0.15, 0.2) is 0 Å². The number of hydrogen-bond donors (Lipinski definition) is 1. The molecule has 19 heavy (non-hydrogen) atoms. The largest absolute Gasteiger partial charge is 0.444 e. The molecule has 2 aliphatic rings. The maximum Gasteiger partial charge on any atom is 0.410 e. The van der Waals surface area contributed by atoms with Crippen LogP contribution in [0.1, 0.15) is 46.5 Å². The number of aliphatic hydroxyl groups is 1. The predicted octanol–water partition coefficient (Wildman–Crippen LogP) is 1.93. The molecule has 2 aliphatic heterocycles. The van der Waals surface area contributed by atoms with Crippen LogP contribution >= 0.6 is 0 Å². The molecule has 0 saturated carbocycles. The number of hydrogen-bond acceptors (Lipinski definition) is 4. The maximum absolute atomic E-state index is 12.0. The standard InChI is InChI=1S/C14H25NO4/c1-13(2,3)19-12(17)15-8-6-14(7-9-15)5-4-11(16)10-18-14/h11,16H,4-10H2,1-3H3. The number of carbonyl (C=O) groups is 1. The lowest BCUT2D eigenvalue weighted by Gasteiger charge is -2.44. The van der Waals surface area contributed by atoms with Crippen LogP contribution in [-0.2, 0) is 9.47 Å². The van der Waals surface area contributed by atoms with Crippen molar-refractivity contribution in [2.24, 2.45) is 0 Å². The lowest BCUT2D eigenvalue weighted by Crippen LogP contribution is -2.51. The van der Waals surface area contributed by atoms with Gasteiger partial charge in [0.1, 0.15) is 5.60 Å². The number of aliphatic hydroxyl groups excluding tert-OH is 1. The fourth-order valence-corrected chi connectivity index (χ4v) is 2.68. The maximum atomic E-state index is 12.0. The fraction of sp³-hybridized carbons (Fsp3) is 0.929. The molecule has 2 heterocycles. The number of ether oxygens (including phenoxy) is 2. The Hall–Kier alpha value is -0.810. The molecule has 5 nitrogen and oxygen atoms in total. The number of likely N-dealkylation sites (tertiary alicyclic amines) is 1. The van der Waals surface area contributed by atoms with Gasteiger partial charge in [0.2, 0.25) is 0 Å². The molecular weight excluding hydrogens is 246 g/mol. The molecule has 0 aliphatic carbocycles. The van der Waals surface area contributed by atoms with Crippen molar-refractivity contribution in [2.75, 3.05) is 19.7 Å². The normalized spacial score (nSPS) is 27.4. The van der Waals surface area contributed by atoms with E-state index in [0.29, 0.717) is 19.7 Å². The molecule has 5 heteroatoms. The van der Waals surface area contributed by atoms with Gasteiger partial charge in [0, 0.05) is 13.1 Å². The van der Waals surface area contributed by atoms with E-state index in [2.05, 4.69) is 0 Å². The van der Waals surface area contributed by atoms with E-state index in [9.17, 15) is 9.90 Å². The van der Waals surface area contributed by atoms with Crippen LogP contribution in [0.4, 0.5) is 4.79 Å². The fourth-order valence-electron chi connectivity index (χ4n) is 2.68. The number of nitrogens with zero attached hydrogens (tertiary/aromatic N) is 1. The van der Waals surface area contributed by atoms with Gasteiger partial charge >= 0.3 is 6.09 Å². The summed E-state index contributed by atoms with van der Waals surface area (Å²) >= 11 is 0. The average Bonchev–Trinajstić information content (AvgIpc) is 2.32. The predicted molar refractivity (Wildman–Crippen MR) is 71.0 cm³/mol. The van der Waals surface area contributed by atoms with Gasteiger partial charge in [-0.2, -0.15) is 0 Å². The highest BCUT2D eigenvalue weighted by atomic mass is 16.6. The van der Waals surface area contributed by atoms with Crippen LogP contribution in [0.3, 0.4) is 0 Å². The first-order chi connectivity index (χ1) is 8.80. The Morgan fingerprint density at radius 1 is 1.32 bits per heavy atom. The van der Waals surface area contributed by atoms with Crippen LogP contribution in [0, 0.1) is 0 Å². The zero-order chi connectivity index (χ0) is 14.1. The molecular formula is C14H25NO4. The van der Waals surface area contributed by atoms with Crippen LogP contribution in [0.2, 0.25) is 0 Å². The Morgan fingerprint density at radius 3 is 2.42 bits per heavy atom. The van der Waals surface area contributed by atoms with E-state index in [4.69, 9.17) is 9.47 Å². The summed E-state index contributed by atoms with van der Waals surface area (Å²) < 4.78 is 11.2. The molecule has 0 bridgehead atoms. The molecule has 2 fully saturated rings. The second kappa shape index (κ2) is 5.29. The summed E-state index contributed by atoms with van der Waals surface area (Å²) in [6.45, 7) is 7.40. The number of carbonyl (C=O) groups excluding carboxylic acids is 1. The van der Waals surface area contributed by atoms with Crippen molar-refractivity contribution in [1.29, 1.82) is 0 Å². The van der Waals surface area contributed by atoms with Crippen molar-refractivity contribution in [3.8, 4) is 0 Å². The van der Waals surface area contributed by atoms with Gasteiger partial charge in [-0.25, -0.2) is 4.79 Å². The Labute approximate surface area is 114 Å². The van der Waals surface area contributed by atoms with Crippen molar-refractivity contribution in [2.45, 2.75) is 63.8 Å². The first-order valence-electron chi connectivity index (χ1n) is 7.10. The van der Waals surface area contributed by atoms with Crippen molar-refractivity contribution in [1.82, 2.24) is 4.90 Å². The van der Waals surface area contributed by atoms with Crippen molar-refractivity contribution < 1.29 is 19.4 Å². The van der Waals surface area contributed by atoms with E-state index in [0.717, 1.165) is 25.7 Å². The van der Waals surface area contributed by atoms with Crippen molar-refractivity contribution in [3.05, 3.63) is 0 Å².